The fraction of sp³-hybridized carbons (Fsp3) is 0.200. The third-order valence-corrected chi connectivity index (χ3v) is 5.69. The number of benzene rings is 2. The number of fused-ring (bicyclic) bond motifs is 1. The molecule has 0 aliphatic heterocycles. The van der Waals surface area contributed by atoms with E-state index in [1.54, 1.807) is 6.20 Å². The van der Waals surface area contributed by atoms with Crippen molar-refractivity contribution < 1.29 is 0 Å². The summed E-state index contributed by atoms with van der Waals surface area (Å²) in [6.07, 6.45) is 4.41. The van der Waals surface area contributed by atoms with Gasteiger partial charge in [0.15, 0.2) is 5.52 Å². The highest BCUT2D eigenvalue weighted by Gasteiger charge is 2.13. The number of tetrazole rings is 1. The molecule has 8 heteroatoms. The standard InChI is InChI=1S/C25H23N7O/c1-2-3-10-22-27-25(33)23-21(9-6-15-26-23)32(22)16-17-11-13-18(14-12-17)19-7-4-5-8-20(19)24-28-30-31-29-24/h4-9,11-15H,2-3,10,16H2,1H3,(H,28,29,30,31). The molecule has 0 amide bonds. The molecule has 0 aliphatic rings. The average Bonchev–Trinajstić information content (AvgIpc) is 3.40. The van der Waals surface area contributed by atoms with Gasteiger partial charge in [0.2, 0.25) is 5.82 Å². The Balaban J connectivity index is 1.51. The molecule has 3 aromatic heterocycles. The minimum absolute atomic E-state index is 0.263. The van der Waals surface area contributed by atoms with Gasteiger partial charge in [-0.3, -0.25) is 4.79 Å². The van der Waals surface area contributed by atoms with Gasteiger partial charge in [-0.15, -0.1) is 10.2 Å². The molecule has 8 nitrogen and oxygen atoms in total. The predicted molar refractivity (Wildman–Crippen MR) is 127 cm³/mol. The van der Waals surface area contributed by atoms with Gasteiger partial charge < -0.3 is 4.57 Å². The van der Waals surface area contributed by atoms with Crippen molar-refractivity contribution in [2.24, 2.45) is 0 Å². The van der Waals surface area contributed by atoms with Gasteiger partial charge in [0.1, 0.15) is 5.82 Å². The van der Waals surface area contributed by atoms with Crippen molar-refractivity contribution in [2.75, 3.05) is 0 Å². The zero-order chi connectivity index (χ0) is 22.6. The lowest BCUT2D eigenvalue weighted by molar-refractivity contribution is 0.668. The van der Waals surface area contributed by atoms with Crippen molar-refractivity contribution >= 4 is 11.0 Å². The first kappa shape index (κ1) is 20.7. The fourth-order valence-electron chi connectivity index (χ4n) is 4.03. The highest BCUT2D eigenvalue weighted by atomic mass is 16.1. The number of aryl methyl sites for hydroxylation is 1. The highest BCUT2D eigenvalue weighted by molar-refractivity contribution is 5.80. The SMILES string of the molecule is CCCCc1nc(=O)c2ncccc2n1Cc1ccc(-c2ccccc2-c2nn[nH]n2)cc1. The number of H-pyrrole nitrogens is 1. The number of nitrogens with zero attached hydrogens (tertiary/aromatic N) is 6. The summed E-state index contributed by atoms with van der Waals surface area (Å²) in [6.45, 7) is 2.75. The Labute approximate surface area is 190 Å². The van der Waals surface area contributed by atoms with Crippen molar-refractivity contribution in [1.29, 1.82) is 0 Å². The van der Waals surface area contributed by atoms with E-state index in [0.29, 0.717) is 17.9 Å². The molecule has 0 saturated carbocycles. The van der Waals surface area contributed by atoms with Crippen LogP contribution in [0.25, 0.3) is 33.5 Å². The first-order chi connectivity index (χ1) is 16.2. The molecule has 0 unspecified atom stereocenters. The van der Waals surface area contributed by atoms with E-state index in [1.165, 1.54) is 0 Å². The van der Waals surface area contributed by atoms with E-state index >= 15 is 0 Å². The van der Waals surface area contributed by atoms with Gasteiger partial charge in [-0.1, -0.05) is 61.9 Å². The topological polar surface area (TPSA) is 102 Å². The van der Waals surface area contributed by atoms with Crippen molar-refractivity contribution in [1.82, 2.24) is 35.2 Å². The van der Waals surface area contributed by atoms with Gasteiger partial charge in [-0.25, -0.2) is 4.98 Å². The molecule has 0 atom stereocenters. The molecule has 1 N–H and O–H groups in total. The second-order valence-electron chi connectivity index (χ2n) is 7.87. The molecule has 33 heavy (non-hydrogen) atoms. The number of pyridine rings is 1. The normalized spacial score (nSPS) is 11.2. The van der Waals surface area contributed by atoms with Crippen LogP contribution < -0.4 is 5.56 Å². The van der Waals surface area contributed by atoms with Crippen molar-refractivity contribution in [3.8, 4) is 22.5 Å². The van der Waals surface area contributed by atoms with E-state index in [2.05, 4.69) is 66.3 Å². The quantitative estimate of drug-likeness (QED) is 0.412. The molecule has 5 rings (SSSR count). The van der Waals surface area contributed by atoms with Crippen LogP contribution in [-0.4, -0.2) is 35.2 Å². The van der Waals surface area contributed by atoms with Crippen LogP contribution in [0.5, 0.6) is 0 Å². The average molecular weight is 438 g/mol. The zero-order valence-corrected chi connectivity index (χ0v) is 18.3. The van der Waals surface area contributed by atoms with E-state index in [0.717, 1.165) is 52.9 Å². The molecule has 0 saturated heterocycles. The summed E-state index contributed by atoms with van der Waals surface area (Å²) in [5.74, 6) is 1.36. The Kier molecular flexibility index (Phi) is 5.72. The lowest BCUT2D eigenvalue weighted by atomic mass is 9.98. The van der Waals surface area contributed by atoms with Crippen LogP contribution in [0.4, 0.5) is 0 Å². The minimum Gasteiger partial charge on any atom is -0.323 e. The number of hydrogen-bond donors (Lipinski definition) is 1. The van der Waals surface area contributed by atoms with E-state index in [9.17, 15) is 4.79 Å². The summed E-state index contributed by atoms with van der Waals surface area (Å²) >= 11 is 0. The molecule has 0 radical (unpaired) electrons. The largest absolute Gasteiger partial charge is 0.323 e. The third kappa shape index (κ3) is 4.15. The summed E-state index contributed by atoms with van der Waals surface area (Å²) in [6, 6.07) is 20.2. The highest BCUT2D eigenvalue weighted by Crippen LogP contribution is 2.30. The molecular weight excluding hydrogens is 414 g/mol. The van der Waals surface area contributed by atoms with Crippen LogP contribution in [0, 0.1) is 0 Å². The molecule has 0 fully saturated rings. The molecule has 5 aromatic rings. The maximum absolute atomic E-state index is 12.5. The Morgan fingerprint density at radius 2 is 1.79 bits per heavy atom. The van der Waals surface area contributed by atoms with Gasteiger partial charge in [0, 0.05) is 24.7 Å². The number of aromatic nitrogens is 7. The van der Waals surface area contributed by atoms with E-state index in [-0.39, 0.29) is 5.56 Å². The first-order valence-electron chi connectivity index (χ1n) is 11.0. The van der Waals surface area contributed by atoms with Gasteiger partial charge >= 0.3 is 0 Å². The smallest absolute Gasteiger partial charge is 0.299 e. The van der Waals surface area contributed by atoms with Crippen molar-refractivity contribution in [3.05, 3.63) is 88.6 Å². The summed E-state index contributed by atoms with van der Waals surface area (Å²) in [4.78, 5) is 21.1. The lowest BCUT2D eigenvalue weighted by Crippen LogP contribution is -2.20. The summed E-state index contributed by atoms with van der Waals surface area (Å²) in [5.41, 5.74) is 5.09. The first-order valence-corrected chi connectivity index (χ1v) is 11.0. The number of rotatable bonds is 7. The second kappa shape index (κ2) is 9.12. The van der Waals surface area contributed by atoms with E-state index in [4.69, 9.17) is 0 Å². The number of nitrogens with one attached hydrogen (secondary N) is 1. The van der Waals surface area contributed by atoms with Crippen LogP contribution in [0.3, 0.4) is 0 Å². The third-order valence-electron chi connectivity index (χ3n) is 5.69. The van der Waals surface area contributed by atoms with Gasteiger partial charge in [0.25, 0.3) is 5.56 Å². The summed E-state index contributed by atoms with van der Waals surface area (Å²) < 4.78 is 2.11. The van der Waals surface area contributed by atoms with Crippen LogP contribution in [-0.2, 0) is 13.0 Å². The molecule has 164 valence electrons. The number of hydrogen-bond acceptors (Lipinski definition) is 6. The van der Waals surface area contributed by atoms with Crippen molar-refractivity contribution in [2.45, 2.75) is 32.7 Å². The predicted octanol–water partition coefficient (Wildman–Crippen LogP) is 4.03. The van der Waals surface area contributed by atoms with E-state index in [1.807, 2.05) is 36.4 Å². The fourth-order valence-corrected chi connectivity index (χ4v) is 4.03. The van der Waals surface area contributed by atoms with Gasteiger partial charge in [-0.2, -0.15) is 10.2 Å². The van der Waals surface area contributed by atoms with Crippen LogP contribution in [0.2, 0.25) is 0 Å². The minimum atomic E-state index is -0.263. The maximum atomic E-state index is 12.5. The number of aromatic amines is 1. The Bertz CT molecular complexity index is 1440. The van der Waals surface area contributed by atoms with Crippen molar-refractivity contribution in [3.63, 3.8) is 0 Å². The van der Waals surface area contributed by atoms with Gasteiger partial charge in [0.05, 0.1) is 5.52 Å². The van der Waals surface area contributed by atoms with Crippen LogP contribution >= 0.6 is 0 Å². The molecule has 0 aliphatic carbocycles. The lowest BCUT2D eigenvalue weighted by Gasteiger charge is -2.16. The maximum Gasteiger partial charge on any atom is 0.299 e. The second-order valence-corrected chi connectivity index (χ2v) is 7.87. The summed E-state index contributed by atoms with van der Waals surface area (Å²) in [5, 5.41) is 14.5. The Hall–Kier alpha value is -4.20. The Morgan fingerprint density at radius 3 is 2.55 bits per heavy atom. The molecule has 3 heterocycles. The zero-order valence-electron chi connectivity index (χ0n) is 18.3. The molecule has 0 spiro atoms. The Morgan fingerprint density at radius 1 is 0.970 bits per heavy atom. The monoisotopic (exact) mass is 437 g/mol. The molecule has 0 bridgehead atoms. The molecule has 2 aromatic carbocycles. The van der Waals surface area contributed by atoms with Crippen LogP contribution in [0.15, 0.2) is 71.7 Å². The number of unbranched alkanes of at least 4 members (excludes halogenated alkanes) is 1. The van der Waals surface area contributed by atoms with Crippen LogP contribution in [0.1, 0.15) is 31.2 Å². The molecular formula is C25H23N7O. The summed E-state index contributed by atoms with van der Waals surface area (Å²) in [7, 11) is 0. The van der Waals surface area contributed by atoms with E-state index < -0.39 is 0 Å². The van der Waals surface area contributed by atoms with Gasteiger partial charge in [-0.05, 0) is 40.5 Å².